The summed E-state index contributed by atoms with van der Waals surface area (Å²) in [5.74, 6) is 0.290. The first-order chi connectivity index (χ1) is 10.9. The molecule has 0 bridgehead atoms. The van der Waals surface area contributed by atoms with E-state index in [-0.39, 0.29) is 35.3 Å². The number of H-pyrrole nitrogens is 1. The van der Waals surface area contributed by atoms with Crippen LogP contribution in [-0.4, -0.2) is 12.7 Å². The molecule has 0 saturated heterocycles. The molecule has 1 aromatic heterocycles. The fourth-order valence-corrected chi connectivity index (χ4v) is 3.26. The van der Waals surface area contributed by atoms with Gasteiger partial charge in [-0.25, -0.2) is 9.78 Å². The topological polar surface area (TPSA) is 52.5 Å². The number of alkyl carbamates (subject to hydrolysis) is 1. The third-order valence-electron chi connectivity index (χ3n) is 4.84. The molecule has 1 heterocycles. The minimum Gasteiger partial charge on any atom is -1.00 e. The number of aromatic nitrogens is 1. The van der Waals surface area contributed by atoms with Gasteiger partial charge in [0.2, 0.25) is 5.52 Å². The molecule has 3 rings (SSSR count). The molecule has 0 radical (unpaired) electrons. The van der Waals surface area contributed by atoms with Gasteiger partial charge in [0.25, 0.3) is 0 Å². The Morgan fingerprint density at radius 1 is 1.33 bits per heavy atom. The summed E-state index contributed by atoms with van der Waals surface area (Å²) in [5.41, 5.74) is 4.17. The Hall–Kier alpha value is -1.63. The third-order valence-corrected chi connectivity index (χ3v) is 4.84. The van der Waals surface area contributed by atoms with E-state index in [4.69, 9.17) is 4.74 Å². The van der Waals surface area contributed by atoms with Gasteiger partial charge in [0.1, 0.15) is 0 Å². The van der Waals surface area contributed by atoms with Gasteiger partial charge in [-0.05, 0) is 29.9 Å². The number of amides is 1. The van der Waals surface area contributed by atoms with Crippen LogP contribution in [0.1, 0.15) is 38.8 Å². The van der Waals surface area contributed by atoms with E-state index in [0.29, 0.717) is 6.61 Å². The van der Waals surface area contributed by atoms with E-state index in [1.165, 1.54) is 10.9 Å². The van der Waals surface area contributed by atoms with Crippen molar-refractivity contribution in [3.05, 3.63) is 47.7 Å². The highest BCUT2D eigenvalue weighted by Gasteiger charge is 2.37. The molecule has 1 aliphatic carbocycles. The summed E-state index contributed by atoms with van der Waals surface area (Å²) in [5, 5.41) is 4.08. The van der Waals surface area contributed by atoms with Crippen LogP contribution in [0.15, 0.2) is 36.5 Å². The zero-order valence-corrected chi connectivity index (χ0v) is 16.6. The van der Waals surface area contributed by atoms with Gasteiger partial charge in [-0.2, -0.15) is 0 Å². The predicted molar refractivity (Wildman–Crippen MR) is 90.8 cm³/mol. The van der Waals surface area contributed by atoms with E-state index in [0.717, 1.165) is 16.8 Å². The molecule has 2 N–H and O–H groups in total. The number of halogens is 1. The molecule has 0 fully saturated rings. The number of fused-ring (bicyclic) bond motifs is 3. The molecule has 1 aliphatic rings. The molecule has 1 unspecified atom stereocenters. The molecule has 1 aromatic carbocycles. The van der Waals surface area contributed by atoms with Crippen molar-refractivity contribution in [3.8, 4) is 0 Å². The Bertz CT molecular complexity index is 799. The van der Waals surface area contributed by atoms with Gasteiger partial charge in [-0.15, -0.1) is 0 Å². The van der Waals surface area contributed by atoms with Gasteiger partial charge >= 0.3 is 6.09 Å². The number of aromatic amines is 1. The van der Waals surface area contributed by atoms with E-state index in [2.05, 4.69) is 49.3 Å². The number of ether oxygens (including phenoxy) is 1. The highest BCUT2D eigenvalue weighted by Crippen LogP contribution is 2.43. The number of benzene rings is 1. The van der Waals surface area contributed by atoms with Crippen LogP contribution in [0.4, 0.5) is 4.79 Å². The standard InChI is InChI=1S/C19H22N2O2.HI/c1-5-23-18(22)21-16-10-12(2)19(3,4)17-13-8-6-7-9-15(13)20-11-14(16)17;/h6-12H,5H2,1-4H3,(H,21,22);1H. The number of carbonyl (C=O) groups is 1. The van der Waals surface area contributed by atoms with Crippen LogP contribution in [0.5, 0.6) is 0 Å². The van der Waals surface area contributed by atoms with Crippen molar-refractivity contribution in [2.24, 2.45) is 5.92 Å². The van der Waals surface area contributed by atoms with Crippen molar-refractivity contribution in [3.63, 3.8) is 0 Å². The Morgan fingerprint density at radius 3 is 2.75 bits per heavy atom. The van der Waals surface area contributed by atoms with E-state index in [1.54, 1.807) is 6.92 Å². The third kappa shape index (κ3) is 3.14. The highest BCUT2D eigenvalue weighted by atomic mass is 127. The van der Waals surface area contributed by atoms with Crippen LogP contribution in [0, 0.1) is 5.92 Å². The van der Waals surface area contributed by atoms with Gasteiger partial charge in [0, 0.05) is 6.07 Å². The number of carbonyl (C=O) groups excluding carboxylic acids is 1. The molecule has 0 spiro atoms. The zero-order valence-electron chi connectivity index (χ0n) is 14.4. The summed E-state index contributed by atoms with van der Waals surface area (Å²) in [4.78, 5) is 15.2. The summed E-state index contributed by atoms with van der Waals surface area (Å²) < 4.78 is 5.03. The van der Waals surface area contributed by atoms with Crippen molar-refractivity contribution in [1.82, 2.24) is 5.32 Å². The predicted octanol–water partition coefficient (Wildman–Crippen LogP) is 0.672. The number of allylic oxidation sites excluding steroid dienone is 1. The molecule has 2 aromatic rings. The maximum Gasteiger partial charge on any atom is 0.411 e. The molecule has 24 heavy (non-hydrogen) atoms. The first-order valence-corrected chi connectivity index (χ1v) is 8.05. The Kier molecular flexibility index (Phi) is 5.52. The van der Waals surface area contributed by atoms with E-state index >= 15 is 0 Å². The maximum atomic E-state index is 11.9. The van der Waals surface area contributed by atoms with E-state index in [1.807, 2.05) is 18.3 Å². The maximum absolute atomic E-state index is 11.9. The molecule has 0 saturated carbocycles. The number of para-hydroxylation sites is 1. The number of hydrogen-bond donors (Lipinski definition) is 1. The lowest BCUT2D eigenvalue weighted by molar-refractivity contribution is -0.345. The van der Waals surface area contributed by atoms with Gasteiger partial charge in [-0.3, -0.25) is 5.32 Å². The summed E-state index contributed by atoms with van der Waals surface area (Å²) in [6.07, 6.45) is 3.68. The normalized spacial score (nSPS) is 18.2. The lowest BCUT2D eigenvalue weighted by Crippen LogP contribution is -3.00. The van der Waals surface area contributed by atoms with E-state index < -0.39 is 6.09 Å². The lowest BCUT2D eigenvalue weighted by atomic mass is 9.68. The monoisotopic (exact) mass is 438 g/mol. The van der Waals surface area contributed by atoms with Gasteiger partial charge < -0.3 is 28.7 Å². The molecular weight excluding hydrogens is 415 g/mol. The first kappa shape index (κ1) is 18.7. The summed E-state index contributed by atoms with van der Waals surface area (Å²) >= 11 is 0. The SMILES string of the molecule is CCOC(=O)NC1=CC(C)C(C)(C)c2c1c[nH+]c1ccccc21.[I-]. The largest absolute Gasteiger partial charge is 1.00 e. The molecule has 1 atom stereocenters. The second-order valence-corrected chi connectivity index (χ2v) is 6.56. The van der Waals surface area contributed by atoms with E-state index in [9.17, 15) is 4.79 Å². The minimum atomic E-state index is -0.412. The second kappa shape index (κ2) is 7.09. The first-order valence-electron chi connectivity index (χ1n) is 8.05. The van der Waals surface area contributed by atoms with Gasteiger partial charge in [-0.1, -0.05) is 39.0 Å². The second-order valence-electron chi connectivity index (χ2n) is 6.56. The highest BCUT2D eigenvalue weighted by molar-refractivity contribution is 5.90. The quantitative estimate of drug-likeness (QED) is 0.702. The fraction of sp³-hybridized carbons (Fsp3) is 0.368. The van der Waals surface area contributed by atoms with Crippen molar-refractivity contribution in [1.29, 1.82) is 0 Å². The molecular formula is C19H23IN2O2. The average Bonchev–Trinajstić information content (AvgIpc) is 2.52. The average molecular weight is 438 g/mol. The molecule has 1 amide bonds. The Balaban J connectivity index is 0.00000208. The zero-order chi connectivity index (χ0) is 16.6. The Morgan fingerprint density at radius 2 is 2.04 bits per heavy atom. The molecule has 0 aliphatic heterocycles. The fourth-order valence-electron chi connectivity index (χ4n) is 3.26. The van der Waals surface area contributed by atoms with Gasteiger partial charge in [0.05, 0.1) is 23.3 Å². The summed E-state index contributed by atoms with van der Waals surface area (Å²) in [6, 6.07) is 8.28. The number of nitrogens with one attached hydrogen (secondary N) is 2. The molecule has 128 valence electrons. The number of rotatable bonds is 2. The minimum absolute atomic E-state index is 0. The number of hydrogen-bond acceptors (Lipinski definition) is 2. The van der Waals surface area contributed by atoms with Crippen LogP contribution >= 0.6 is 0 Å². The summed E-state index contributed by atoms with van der Waals surface area (Å²) in [6.45, 7) is 8.84. The molecule has 4 nitrogen and oxygen atoms in total. The summed E-state index contributed by atoms with van der Waals surface area (Å²) in [7, 11) is 0. The van der Waals surface area contributed by atoms with Crippen LogP contribution in [0.2, 0.25) is 0 Å². The van der Waals surface area contributed by atoms with Crippen molar-refractivity contribution in [2.75, 3.05) is 6.61 Å². The van der Waals surface area contributed by atoms with Crippen LogP contribution in [0.25, 0.3) is 16.6 Å². The van der Waals surface area contributed by atoms with Crippen LogP contribution < -0.4 is 34.3 Å². The van der Waals surface area contributed by atoms with Gasteiger partial charge in [0.15, 0.2) is 6.20 Å². The smallest absolute Gasteiger partial charge is 0.411 e. The van der Waals surface area contributed by atoms with Crippen molar-refractivity contribution >= 4 is 22.7 Å². The Labute approximate surface area is 159 Å². The van der Waals surface area contributed by atoms with Crippen molar-refractivity contribution < 1.29 is 38.5 Å². The van der Waals surface area contributed by atoms with Crippen molar-refractivity contribution in [2.45, 2.75) is 33.1 Å². The van der Waals surface area contributed by atoms with Crippen LogP contribution in [-0.2, 0) is 10.2 Å². The lowest BCUT2D eigenvalue weighted by Gasteiger charge is -2.37. The molecule has 5 heteroatoms. The number of pyridine rings is 1. The van der Waals surface area contributed by atoms with Crippen LogP contribution in [0.3, 0.4) is 0 Å².